The Balaban J connectivity index is 2.10. The van der Waals surface area contributed by atoms with Crippen LogP contribution in [0.2, 0.25) is 0 Å². The van der Waals surface area contributed by atoms with Gasteiger partial charge in [-0.05, 0) is 30.3 Å². The zero-order chi connectivity index (χ0) is 13.0. The van der Waals surface area contributed by atoms with Crippen LogP contribution in [0.3, 0.4) is 0 Å². The van der Waals surface area contributed by atoms with Crippen LogP contribution in [0.1, 0.15) is 11.3 Å². The first-order valence-electron chi connectivity index (χ1n) is 5.13. The maximum Gasteiger partial charge on any atom is 0.170 e. The van der Waals surface area contributed by atoms with Crippen molar-refractivity contribution >= 4 is 5.84 Å². The molecule has 1 heterocycles. The van der Waals surface area contributed by atoms with Crippen LogP contribution in [0.5, 0.6) is 5.75 Å². The van der Waals surface area contributed by atoms with Gasteiger partial charge in [0.05, 0.1) is 6.26 Å². The van der Waals surface area contributed by atoms with Crippen LogP contribution in [0.15, 0.2) is 46.2 Å². The third-order valence-electron chi connectivity index (χ3n) is 2.29. The number of nitrogens with zero attached hydrogens (tertiary/aromatic N) is 1. The number of oxime groups is 1. The fourth-order valence-corrected chi connectivity index (χ4v) is 1.38. The van der Waals surface area contributed by atoms with Gasteiger partial charge in [0.1, 0.15) is 12.4 Å². The lowest BCUT2D eigenvalue weighted by atomic mass is 10.2. The van der Waals surface area contributed by atoms with E-state index in [1.54, 1.807) is 12.1 Å². The largest absolute Gasteiger partial charge is 0.483 e. The SMILES string of the molecule is N/C(=N\O)c1ccc(OCc2ccco2)c(F)c1. The van der Waals surface area contributed by atoms with Crippen molar-refractivity contribution in [3.63, 3.8) is 0 Å². The second-order valence-electron chi connectivity index (χ2n) is 3.50. The lowest BCUT2D eigenvalue weighted by Crippen LogP contribution is -2.13. The number of benzene rings is 1. The van der Waals surface area contributed by atoms with Gasteiger partial charge in [-0.2, -0.15) is 0 Å². The minimum Gasteiger partial charge on any atom is -0.483 e. The van der Waals surface area contributed by atoms with Crippen molar-refractivity contribution in [3.05, 3.63) is 53.7 Å². The van der Waals surface area contributed by atoms with E-state index in [1.807, 2.05) is 0 Å². The number of halogens is 1. The van der Waals surface area contributed by atoms with E-state index in [0.29, 0.717) is 5.76 Å². The summed E-state index contributed by atoms with van der Waals surface area (Å²) in [5.41, 5.74) is 5.62. The molecule has 1 aromatic heterocycles. The van der Waals surface area contributed by atoms with Crippen molar-refractivity contribution in [2.24, 2.45) is 10.9 Å². The van der Waals surface area contributed by atoms with Crippen LogP contribution in [-0.2, 0) is 6.61 Å². The van der Waals surface area contributed by atoms with E-state index in [4.69, 9.17) is 20.1 Å². The summed E-state index contributed by atoms with van der Waals surface area (Å²) in [6.07, 6.45) is 1.51. The van der Waals surface area contributed by atoms with Crippen LogP contribution >= 0.6 is 0 Å². The summed E-state index contributed by atoms with van der Waals surface area (Å²) in [6.45, 7) is 0.132. The fraction of sp³-hybridized carbons (Fsp3) is 0.0833. The Morgan fingerprint density at radius 3 is 2.89 bits per heavy atom. The Bertz CT molecular complexity index is 552. The van der Waals surface area contributed by atoms with E-state index < -0.39 is 5.82 Å². The van der Waals surface area contributed by atoms with Gasteiger partial charge in [0.2, 0.25) is 0 Å². The molecular weight excluding hydrogens is 239 g/mol. The smallest absolute Gasteiger partial charge is 0.170 e. The monoisotopic (exact) mass is 250 g/mol. The van der Waals surface area contributed by atoms with Crippen LogP contribution in [0, 0.1) is 5.82 Å². The Labute approximate surface area is 102 Å². The summed E-state index contributed by atoms with van der Waals surface area (Å²) in [4.78, 5) is 0. The highest BCUT2D eigenvalue weighted by Crippen LogP contribution is 2.19. The topological polar surface area (TPSA) is 81.0 Å². The highest BCUT2D eigenvalue weighted by molar-refractivity contribution is 5.97. The normalized spacial score (nSPS) is 11.5. The first kappa shape index (κ1) is 12.0. The highest BCUT2D eigenvalue weighted by Gasteiger charge is 2.08. The first-order chi connectivity index (χ1) is 8.70. The van der Waals surface area contributed by atoms with Crippen LogP contribution in [-0.4, -0.2) is 11.0 Å². The molecule has 0 atom stereocenters. The molecule has 0 aliphatic rings. The molecule has 0 spiro atoms. The van der Waals surface area contributed by atoms with Gasteiger partial charge in [0.15, 0.2) is 17.4 Å². The summed E-state index contributed by atoms with van der Waals surface area (Å²) in [7, 11) is 0. The predicted octanol–water partition coefficient (Wildman–Crippen LogP) is 2.09. The van der Waals surface area contributed by atoms with Crippen LogP contribution in [0.4, 0.5) is 4.39 Å². The van der Waals surface area contributed by atoms with E-state index >= 15 is 0 Å². The molecule has 0 radical (unpaired) electrons. The molecule has 0 aliphatic carbocycles. The maximum atomic E-state index is 13.6. The second kappa shape index (κ2) is 5.22. The molecule has 0 aliphatic heterocycles. The van der Waals surface area contributed by atoms with Gasteiger partial charge in [-0.1, -0.05) is 5.16 Å². The van der Waals surface area contributed by atoms with Gasteiger partial charge in [-0.25, -0.2) is 4.39 Å². The number of furan rings is 1. The third kappa shape index (κ3) is 2.60. The van der Waals surface area contributed by atoms with Gasteiger partial charge in [0, 0.05) is 5.56 Å². The molecule has 18 heavy (non-hydrogen) atoms. The first-order valence-corrected chi connectivity index (χ1v) is 5.13. The van der Waals surface area contributed by atoms with Gasteiger partial charge in [-0.15, -0.1) is 0 Å². The van der Waals surface area contributed by atoms with E-state index in [0.717, 1.165) is 6.07 Å². The summed E-state index contributed by atoms with van der Waals surface area (Å²) in [5.74, 6) is -0.0899. The average Bonchev–Trinajstić information content (AvgIpc) is 2.89. The summed E-state index contributed by atoms with van der Waals surface area (Å²) in [5, 5.41) is 11.3. The molecule has 1 aromatic carbocycles. The molecule has 0 bridgehead atoms. The Morgan fingerprint density at radius 1 is 1.44 bits per heavy atom. The van der Waals surface area contributed by atoms with E-state index in [-0.39, 0.29) is 23.8 Å². The summed E-state index contributed by atoms with van der Waals surface area (Å²) in [6, 6.07) is 7.48. The quantitative estimate of drug-likeness (QED) is 0.377. The molecule has 3 N–H and O–H groups in total. The Morgan fingerprint density at radius 2 is 2.28 bits per heavy atom. The molecule has 0 saturated carbocycles. The van der Waals surface area contributed by atoms with Crippen molar-refractivity contribution in [1.29, 1.82) is 0 Å². The number of hydrogen-bond acceptors (Lipinski definition) is 4. The lowest BCUT2D eigenvalue weighted by molar-refractivity contribution is 0.258. The number of amidine groups is 1. The van der Waals surface area contributed by atoms with E-state index in [2.05, 4.69) is 5.16 Å². The van der Waals surface area contributed by atoms with Crippen molar-refractivity contribution in [1.82, 2.24) is 0 Å². The molecule has 6 heteroatoms. The number of rotatable bonds is 4. The van der Waals surface area contributed by atoms with Gasteiger partial charge < -0.3 is 20.1 Å². The number of hydrogen-bond donors (Lipinski definition) is 2. The molecule has 0 fully saturated rings. The van der Waals surface area contributed by atoms with Crippen molar-refractivity contribution < 1.29 is 18.8 Å². The van der Waals surface area contributed by atoms with Gasteiger partial charge in [0.25, 0.3) is 0 Å². The molecule has 0 amide bonds. The van der Waals surface area contributed by atoms with Crippen molar-refractivity contribution in [2.45, 2.75) is 6.61 Å². The number of ether oxygens (including phenoxy) is 1. The van der Waals surface area contributed by atoms with Crippen LogP contribution < -0.4 is 10.5 Å². The van der Waals surface area contributed by atoms with Crippen LogP contribution in [0.25, 0.3) is 0 Å². The van der Waals surface area contributed by atoms with Gasteiger partial charge in [-0.3, -0.25) is 0 Å². The minimum absolute atomic E-state index is 0.0703. The maximum absolute atomic E-state index is 13.6. The zero-order valence-electron chi connectivity index (χ0n) is 9.34. The molecule has 0 saturated heterocycles. The number of nitrogens with two attached hydrogens (primary N) is 1. The average molecular weight is 250 g/mol. The molecule has 5 nitrogen and oxygen atoms in total. The minimum atomic E-state index is -0.592. The fourth-order valence-electron chi connectivity index (χ4n) is 1.38. The zero-order valence-corrected chi connectivity index (χ0v) is 9.34. The third-order valence-corrected chi connectivity index (χ3v) is 2.29. The lowest BCUT2D eigenvalue weighted by Gasteiger charge is -2.06. The van der Waals surface area contributed by atoms with Crippen molar-refractivity contribution in [3.8, 4) is 5.75 Å². The van der Waals surface area contributed by atoms with Gasteiger partial charge >= 0.3 is 0 Å². The standard InChI is InChI=1S/C12H11FN2O3/c13-10-6-8(12(14)15-16)3-4-11(10)18-7-9-2-1-5-17-9/h1-6,16H,7H2,(H2,14,15). The summed E-state index contributed by atoms with van der Waals surface area (Å²) >= 11 is 0. The molecule has 0 unspecified atom stereocenters. The summed E-state index contributed by atoms with van der Waals surface area (Å²) < 4.78 is 23.9. The van der Waals surface area contributed by atoms with E-state index in [1.165, 1.54) is 18.4 Å². The molecular formula is C12H11FN2O3. The molecule has 94 valence electrons. The predicted molar refractivity (Wildman–Crippen MR) is 62.0 cm³/mol. The molecule has 2 aromatic rings. The molecule has 2 rings (SSSR count). The van der Waals surface area contributed by atoms with Crippen molar-refractivity contribution in [2.75, 3.05) is 0 Å². The Hall–Kier alpha value is -2.50. The Kier molecular flexibility index (Phi) is 3.47. The highest BCUT2D eigenvalue weighted by atomic mass is 19.1. The van der Waals surface area contributed by atoms with E-state index in [9.17, 15) is 4.39 Å². The second-order valence-corrected chi connectivity index (χ2v) is 3.50.